The molecule has 0 atom stereocenters. The minimum Gasteiger partial charge on any atom is -0.478 e. The maximum Gasteiger partial charge on any atom is 0.330 e. The van der Waals surface area contributed by atoms with Crippen molar-refractivity contribution in [3.8, 4) is 0 Å². The molecular formula is C10H22N2O2. The Morgan fingerprint density at radius 1 is 1.14 bits per heavy atom. The van der Waals surface area contributed by atoms with Crippen molar-refractivity contribution >= 4 is 5.97 Å². The number of nitrogens with two attached hydrogens (primary N) is 2. The van der Waals surface area contributed by atoms with Crippen LogP contribution in [0, 0.1) is 0 Å². The summed E-state index contributed by atoms with van der Waals surface area (Å²) in [4.78, 5) is 9.60. The van der Waals surface area contributed by atoms with Crippen LogP contribution < -0.4 is 11.5 Å². The van der Waals surface area contributed by atoms with Crippen LogP contribution in [0.1, 0.15) is 32.6 Å². The predicted octanol–water partition coefficient (Wildman–Crippen LogP) is 1.11. The average Bonchev–Trinajstić information content (AvgIpc) is 2.13. The minimum atomic E-state index is -0.935. The third-order valence-corrected chi connectivity index (χ3v) is 1.52. The Bertz CT molecular complexity index is 140. The van der Waals surface area contributed by atoms with E-state index in [9.17, 15) is 4.79 Å². The Labute approximate surface area is 86.0 Å². The minimum absolute atomic E-state index is 0.176. The van der Waals surface area contributed by atoms with Gasteiger partial charge < -0.3 is 16.6 Å². The van der Waals surface area contributed by atoms with Gasteiger partial charge in [0.15, 0.2) is 0 Å². The van der Waals surface area contributed by atoms with Crippen molar-refractivity contribution in [2.45, 2.75) is 32.6 Å². The normalized spacial score (nSPS) is 8.79. The number of rotatable bonds is 6. The van der Waals surface area contributed by atoms with Crippen LogP contribution in [0.5, 0.6) is 0 Å². The zero-order valence-electron chi connectivity index (χ0n) is 8.96. The number of carbonyl (C=O) groups is 1. The zero-order valence-corrected chi connectivity index (χ0v) is 8.96. The van der Waals surface area contributed by atoms with Gasteiger partial charge in [0, 0.05) is 5.57 Å². The summed E-state index contributed by atoms with van der Waals surface area (Å²) in [6, 6.07) is 0. The summed E-state index contributed by atoms with van der Waals surface area (Å²) in [5.74, 6) is -0.935. The highest BCUT2D eigenvalue weighted by atomic mass is 16.4. The molecule has 14 heavy (non-hydrogen) atoms. The molecule has 0 fully saturated rings. The molecule has 0 saturated heterocycles. The second-order valence-corrected chi connectivity index (χ2v) is 3.08. The van der Waals surface area contributed by atoms with Crippen LogP contribution in [0.4, 0.5) is 0 Å². The Balaban J connectivity index is 0. The third kappa shape index (κ3) is 17.3. The van der Waals surface area contributed by atoms with E-state index < -0.39 is 5.97 Å². The Morgan fingerprint density at radius 2 is 1.43 bits per heavy atom. The average molecular weight is 202 g/mol. The molecule has 4 heteroatoms. The van der Waals surface area contributed by atoms with E-state index in [-0.39, 0.29) is 5.57 Å². The number of carboxylic acid groups (broad SMARTS) is 1. The van der Waals surface area contributed by atoms with Gasteiger partial charge >= 0.3 is 5.97 Å². The molecule has 0 saturated carbocycles. The van der Waals surface area contributed by atoms with Crippen LogP contribution in [-0.4, -0.2) is 24.2 Å². The number of carboxylic acids is 1. The smallest absolute Gasteiger partial charge is 0.330 e. The molecule has 5 N–H and O–H groups in total. The fourth-order valence-electron chi connectivity index (χ4n) is 0.642. The lowest BCUT2D eigenvalue weighted by Gasteiger charge is -1.94. The van der Waals surface area contributed by atoms with E-state index in [0.29, 0.717) is 0 Å². The van der Waals surface area contributed by atoms with Crippen LogP contribution in [0.15, 0.2) is 12.2 Å². The van der Waals surface area contributed by atoms with Crippen molar-refractivity contribution in [1.29, 1.82) is 0 Å². The first-order chi connectivity index (χ1) is 6.56. The summed E-state index contributed by atoms with van der Waals surface area (Å²) >= 11 is 0. The number of hydrogen-bond acceptors (Lipinski definition) is 3. The zero-order chi connectivity index (χ0) is 11.4. The molecule has 0 aliphatic heterocycles. The summed E-state index contributed by atoms with van der Waals surface area (Å²) < 4.78 is 0. The van der Waals surface area contributed by atoms with E-state index in [1.165, 1.54) is 19.8 Å². The molecule has 0 amide bonds. The first kappa shape index (κ1) is 15.6. The first-order valence-corrected chi connectivity index (χ1v) is 4.85. The van der Waals surface area contributed by atoms with Crippen molar-refractivity contribution in [2.75, 3.05) is 13.1 Å². The quantitative estimate of drug-likeness (QED) is 0.444. The Hall–Kier alpha value is -0.870. The van der Waals surface area contributed by atoms with E-state index in [4.69, 9.17) is 16.6 Å². The maximum atomic E-state index is 9.60. The Kier molecular flexibility index (Phi) is 13.5. The number of unbranched alkanes of at least 4 members (excludes halogenated alkanes) is 3. The van der Waals surface area contributed by atoms with Crippen LogP contribution in [0.2, 0.25) is 0 Å². The van der Waals surface area contributed by atoms with Gasteiger partial charge in [0.05, 0.1) is 0 Å². The lowest BCUT2D eigenvalue weighted by atomic mass is 10.2. The predicted molar refractivity (Wildman–Crippen MR) is 59.0 cm³/mol. The lowest BCUT2D eigenvalue weighted by Crippen LogP contribution is -2.00. The van der Waals surface area contributed by atoms with Gasteiger partial charge in [-0.15, -0.1) is 0 Å². The van der Waals surface area contributed by atoms with Gasteiger partial charge in [0.1, 0.15) is 0 Å². The number of hydrogen-bond donors (Lipinski definition) is 3. The molecule has 4 nitrogen and oxygen atoms in total. The number of aliphatic carboxylic acids is 1. The van der Waals surface area contributed by atoms with Crippen molar-refractivity contribution in [2.24, 2.45) is 11.5 Å². The molecule has 0 unspecified atom stereocenters. The fraction of sp³-hybridized carbons (Fsp3) is 0.700. The summed E-state index contributed by atoms with van der Waals surface area (Å²) in [7, 11) is 0. The van der Waals surface area contributed by atoms with E-state index in [0.717, 1.165) is 25.9 Å². The fourth-order valence-corrected chi connectivity index (χ4v) is 0.642. The standard InChI is InChI=1S/C6H16N2.C4H6O2/c7-5-3-1-2-4-6-8;1-3(2)4(5)6/h1-8H2;1H2,2H3,(H,5,6). The second kappa shape index (κ2) is 12.1. The highest BCUT2D eigenvalue weighted by Gasteiger charge is 1.90. The van der Waals surface area contributed by atoms with Crippen molar-refractivity contribution in [3.63, 3.8) is 0 Å². The van der Waals surface area contributed by atoms with Crippen molar-refractivity contribution < 1.29 is 9.90 Å². The molecule has 84 valence electrons. The summed E-state index contributed by atoms with van der Waals surface area (Å²) in [6.45, 7) is 6.25. The summed E-state index contributed by atoms with van der Waals surface area (Å²) in [5, 5.41) is 7.89. The molecule has 0 rings (SSSR count). The largest absolute Gasteiger partial charge is 0.478 e. The summed E-state index contributed by atoms with van der Waals surface area (Å²) in [6.07, 6.45) is 4.79. The van der Waals surface area contributed by atoms with Gasteiger partial charge in [-0.1, -0.05) is 19.4 Å². The van der Waals surface area contributed by atoms with Crippen LogP contribution in [0.3, 0.4) is 0 Å². The third-order valence-electron chi connectivity index (χ3n) is 1.52. The highest BCUT2D eigenvalue weighted by molar-refractivity contribution is 5.84. The molecule has 0 radical (unpaired) electrons. The molecule has 0 aromatic heterocycles. The Morgan fingerprint density at radius 3 is 1.57 bits per heavy atom. The first-order valence-electron chi connectivity index (χ1n) is 4.85. The van der Waals surface area contributed by atoms with Crippen molar-refractivity contribution in [3.05, 3.63) is 12.2 Å². The molecule has 0 spiro atoms. The van der Waals surface area contributed by atoms with Crippen molar-refractivity contribution in [1.82, 2.24) is 0 Å². The molecule has 0 aromatic carbocycles. The topological polar surface area (TPSA) is 89.3 Å². The van der Waals surface area contributed by atoms with Gasteiger partial charge in [-0.05, 0) is 32.9 Å². The molecule has 0 aliphatic carbocycles. The lowest BCUT2D eigenvalue weighted by molar-refractivity contribution is -0.132. The van der Waals surface area contributed by atoms with E-state index >= 15 is 0 Å². The van der Waals surface area contributed by atoms with Gasteiger partial charge in [-0.3, -0.25) is 0 Å². The monoisotopic (exact) mass is 202 g/mol. The molecule has 0 aliphatic rings. The maximum absolute atomic E-state index is 9.60. The molecule has 0 heterocycles. The van der Waals surface area contributed by atoms with Crippen LogP contribution in [0.25, 0.3) is 0 Å². The van der Waals surface area contributed by atoms with E-state index in [1.54, 1.807) is 0 Å². The SMILES string of the molecule is C=C(C)C(=O)O.NCCCCCCN. The van der Waals surface area contributed by atoms with Crippen LogP contribution >= 0.6 is 0 Å². The van der Waals surface area contributed by atoms with Crippen LogP contribution in [-0.2, 0) is 4.79 Å². The van der Waals surface area contributed by atoms with Gasteiger partial charge in [0.25, 0.3) is 0 Å². The molecule has 0 aromatic rings. The molecular weight excluding hydrogens is 180 g/mol. The second-order valence-electron chi connectivity index (χ2n) is 3.08. The van der Waals surface area contributed by atoms with Gasteiger partial charge in [-0.2, -0.15) is 0 Å². The molecule has 0 bridgehead atoms. The van der Waals surface area contributed by atoms with Gasteiger partial charge in [-0.25, -0.2) is 4.79 Å². The van der Waals surface area contributed by atoms with E-state index in [2.05, 4.69) is 6.58 Å². The van der Waals surface area contributed by atoms with E-state index in [1.807, 2.05) is 0 Å². The van der Waals surface area contributed by atoms with Gasteiger partial charge in [0.2, 0.25) is 0 Å². The highest BCUT2D eigenvalue weighted by Crippen LogP contribution is 1.95. The summed E-state index contributed by atoms with van der Waals surface area (Å²) in [5.41, 5.74) is 10.7.